The molecule has 1 heterocycles. The highest BCUT2D eigenvalue weighted by Crippen LogP contribution is 2.43. The van der Waals surface area contributed by atoms with Crippen molar-refractivity contribution >= 4 is 21.7 Å². The second kappa shape index (κ2) is 4.30. The van der Waals surface area contributed by atoms with Crippen molar-refractivity contribution in [1.29, 1.82) is 0 Å². The predicted octanol–water partition coefficient (Wildman–Crippen LogP) is 1.88. The number of rotatable bonds is 4. The molecule has 1 fully saturated rings. The highest BCUT2D eigenvalue weighted by molar-refractivity contribution is 9.10. The zero-order valence-electron chi connectivity index (χ0n) is 9.37. The monoisotopic (exact) mass is 285 g/mol. The molecule has 0 aromatic carbocycles. The van der Waals surface area contributed by atoms with Gasteiger partial charge in [-0.25, -0.2) is 0 Å². The van der Waals surface area contributed by atoms with E-state index in [4.69, 9.17) is 5.73 Å². The summed E-state index contributed by atoms with van der Waals surface area (Å²) in [6, 6.07) is 0. The van der Waals surface area contributed by atoms with E-state index >= 15 is 0 Å². The molecule has 16 heavy (non-hydrogen) atoms. The van der Waals surface area contributed by atoms with Gasteiger partial charge < -0.3 is 5.73 Å². The van der Waals surface area contributed by atoms with Gasteiger partial charge in [0.2, 0.25) is 0 Å². The lowest BCUT2D eigenvalue weighted by Gasteiger charge is -2.40. The molecule has 1 aromatic heterocycles. The molecule has 0 saturated heterocycles. The van der Waals surface area contributed by atoms with E-state index in [0.717, 1.165) is 17.3 Å². The molecule has 1 aromatic rings. The Labute approximate surface area is 103 Å². The van der Waals surface area contributed by atoms with Crippen LogP contribution in [-0.4, -0.2) is 22.1 Å². The van der Waals surface area contributed by atoms with Crippen molar-refractivity contribution < 1.29 is 4.79 Å². The van der Waals surface area contributed by atoms with Crippen molar-refractivity contribution in [2.75, 3.05) is 6.54 Å². The highest BCUT2D eigenvalue weighted by atomic mass is 79.9. The molecule has 0 spiro atoms. The topological polar surface area (TPSA) is 60.9 Å². The molecule has 2 rings (SSSR count). The normalized spacial score (nSPS) is 18.2. The maximum atomic E-state index is 12.2. The number of hydrogen-bond acceptors (Lipinski definition) is 3. The number of aryl methyl sites for hydroxylation is 1. The van der Waals surface area contributed by atoms with Gasteiger partial charge in [-0.3, -0.25) is 9.48 Å². The van der Waals surface area contributed by atoms with Crippen LogP contribution in [0.5, 0.6) is 0 Å². The van der Waals surface area contributed by atoms with Crippen LogP contribution in [0.2, 0.25) is 0 Å². The molecule has 0 amide bonds. The minimum atomic E-state index is 0.0563. The first kappa shape index (κ1) is 11.8. The van der Waals surface area contributed by atoms with Crippen LogP contribution < -0.4 is 5.73 Å². The van der Waals surface area contributed by atoms with Gasteiger partial charge in [-0.05, 0) is 40.7 Å². The lowest BCUT2D eigenvalue weighted by Crippen LogP contribution is -2.39. The molecule has 1 aliphatic carbocycles. The van der Waals surface area contributed by atoms with Gasteiger partial charge in [0.1, 0.15) is 5.69 Å². The highest BCUT2D eigenvalue weighted by Gasteiger charge is 2.38. The van der Waals surface area contributed by atoms with Gasteiger partial charge >= 0.3 is 0 Å². The first-order chi connectivity index (χ1) is 7.58. The summed E-state index contributed by atoms with van der Waals surface area (Å²) in [6.07, 6.45) is 5.54. The summed E-state index contributed by atoms with van der Waals surface area (Å²) < 4.78 is 2.39. The fourth-order valence-electron chi connectivity index (χ4n) is 2.28. The van der Waals surface area contributed by atoms with E-state index in [2.05, 4.69) is 21.0 Å². The maximum absolute atomic E-state index is 12.2. The molecule has 5 heteroatoms. The van der Waals surface area contributed by atoms with Crippen LogP contribution in [0.25, 0.3) is 0 Å². The molecule has 0 atom stereocenters. The Bertz CT molecular complexity index is 384. The summed E-state index contributed by atoms with van der Waals surface area (Å²) in [5, 5.41) is 4.05. The first-order valence-electron chi connectivity index (χ1n) is 5.49. The fourth-order valence-corrected chi connectivity index (χ4v) is 2.85. The number of aromatic nitrogens is 2. The number of hydrogen-bond donors (Lipinski definition) is 1. The Morgan fingerprint density at radius 2 is 2.38 bits per heavy atom. The van der Waals surface area contributed by atoms with Gasteiger partial charge in [-0.2, -0.15) is 5.10 Å². The molecule has 4 nitrogen and oxygen atoms in total. The molecule has 88 valence electrons. The number of halogens is 1. The summed E-state index contributed by atoms with van der Waals surface area (Å²) in [5.41, 5.74) is 6.47. The third-order valence-corrected chi connectivity index (χ3v) is 4.12. The molecule has 0 radical (unpaired) electrons. The SMILES string of the molecule is Cn1ncc(Br)c1C(=O)CC1(CN)CCC1. The van der Waals surface area contributed by atoms with Crippen LogP contribution in [0, 0.1) is 5.41 Å². The predicted molar refractivity (Wildman–Crippen MR) is 65.2 cm³/mol. The zero-order chi connectivity index (χ0) is 11.8. The van der Waals surface area contributed by atoms with Crippen LogP contribution >= 0.6 is 15.9 Å². The summed E-state index contributed by atoms with van der Waals surface area (Å²) in [6.45, 7) is 0.605. The summed E-state index contributed by atoms with van der Waals surface area (Å²) >= 11 is 3.35. The molecule has 0 bridgehead atoms. The second-order valence-corrected chi connectivity index (χ2v) is 5.48. The maximum Gasteiger partial charge on any atom is 0.182 e. The molecule has 1 saturated carbocycles. The van der Waals surface area contributed by atoms with E-state index in [1.807, 2.05) is 0 Å². The van der Waals surface area contributed by atoms with Gasteiger partial charge in [0.15, 0.2) is 5.78 Å². The van der Waals surface area contributed by atoms with E-state index in [1.54, 1.807) is 17.9 Å². The second-order valence-electron chi connectivity index (χ2n) is 4.62. The fraction of sp³-hybridized carbons (Fsp3) is 0.636. The van der Waals surface area contributed by atoms with Crippen LogP contribution in [-0.2, 0) is 7.05 Å². The molecular formula is C11H16BrN3O. The first-order valence-corrected chi connectivity index (χ1v) is 6.28. The largest absolute Gasteiger partial charge is 0.330 e. The third-order valence-electron chi connectivity index (χ3n) is 3.54. The minimum absolute atomic E-state index is 0.0563. The van der Waals surface area contributed by atoms with Crippen molar-refractivity contribution in [3.63, 3.8) is 0 Å². The standard InChI is InChI=1S/C11H16BrN3O/c1-15-10(8(12)6-14-15)9(16)5-11(7-13)3-2-4-11/h6H,2-5,7,13H2,1H3. The minimum Gasteiger partial charge on any atom is -0.330 e. The van der Waals surface area contributed by atoms with E-state index in [0.29, 0.717) is 18.7 Å². The number of nitrogens with zero attached hydrogens (tertiary/aromatic N) is 2. The van der Waals surface area contributed by atoms with Gasteiger partial charge in [0.25, 0.3) is 0 Å². The lowest BCUT2D eigenvalue weighted by molar-refractivity contribution is 0.0776. The van der Waals surface area contributed by atoms with Crippen molar-refractivity contribution in [2.24, 2.45) is 18.2 Å². The van der Waals surface area contributed by atoms with Crippen LogP contribution in [0.1, 0.15) is 36.2 Å². The summed E-state index contributed by atoms with van der Waals surface area (Å²) in [5.74, 6) is 0.136. The van der Waals surface area contributed by atoms with E-state index in [1.165, 1.54) is 6.42 Å². The molecule has 2 N–H and O–H groups in total. The lowest BCUT2D eigenvalue weighted by atomic mass is 9.66. The molecule has 0 unspecified atom stereocenters. The number of nitrogens with two attached hydrogens (primary N) is 1. The number of carbonyl (C=O) groups excluding carboxylic acids is 1. The van der Waals surface area contributed by atoms with Crippen LogP contribution in [0.4, 0.5) is 0 Å². The number of ketones is 1. The Hall–Kier alpha value is -0.680. The molecule has 0 aliphatic heterocycles. The Morgan fingerprint density at radius 1 is 1.69 bits per heavy atom. The van der Waals surface area contributed by atoms with E-state index in [-0.39, 0.29) is 11.2 Å². The van der Waals surface area contributed by atoms with Crippen molar-refractivity contribution in [3.8, 4) is 0 Å². The van der Waals surface area contributed by atoms with E-state index in [9.17, 15) is 4.79 Å². The van der Waals surface area contributed by atoms with E-state index < -0.39 is 0 Å². The van der Waals surface area contributed by atoms with Crippen molar-refractivity contribution in [1.82, 2.24) is 9.78 Å². The van der Waals surface area contributed by atoms with Gasteiger partial charge in [0, 0.05) is 13.5 Å². The van der Waals surface area contributed by atoms with Gasteiger partial charge in [-0.1, -0.05) is 6.42 Å². The number of Topliss-reactive ketones (excluding diaryl/α,β-unsaturated/α-hetero) is 1. The summed E-state index contributed by atoms with van der Waals surface area (Å²) in [7, 11) is 1.79. The van der Waals surface area contributed by atoms with Gasteiger partial charge in [-0.15, -0.1) is 0 Å². The molecule has 1 aliphatic rings. The van der Waals surface area contributed by atoms with Gasteiger partial charge in [0.05, 0.1) is 10.7 Å². The summed E-state index contributed by atoms with van der Waals surface area (Å²) in [4.78, 5) is 12.2. The third kappa shape index (κ3) is 1.94. The van der Waals surface area contributed by atoms with Crippen LogP contribution in [0.3, 0.4) is 0 Å². The quantitative estimate of drug-likeness (QED) is 0.860. The average Bonchev–Trinajstić information content (AvgIpc) is 2.52. The smallest absolute Gasteiger partial charge is 0.182 e. The number of carbonyl (C=O) groups is 1. The van der Waals surface area contributed by atoms with Crippen molar-refractivity contribution in [2.45, 2.75) is 25.7 Å². The Morgan fingerprint density at radius 3 is 2.75 bits per heavy atom. The Balaban J connectivity index is 2.14. The van der Waals surface area contributed by atoms with Crippen molar-refractivity contribution in [3.05, 3.63) is 16.4 Å². The molecular weight excluding hydrogens is 270 g/mol. The average molecular weight is 286 g/mol. The zero-order valence-corrected chi connectivity index (χ0v) is 11.0. The van der Waals surface area contributed by atoms with Crippen LogP contribution in [0.15, 0.2) is 10.7 Å². The Kier molecular flexibility index (Phi) is 3.17.